The first-order valence-corrected chi connectivity index (χ1v) is 6.90. The number of nitrogens with zero attached hydrogens (tertiary/aromatic N) is 2. The third kappa shape index (κ3) is 3.46. The van der Waals surface area contributed by atoms with Crippen molar-refractivity contribution in [1.82, 2.24) is 4.90 Å². The Morgan fingerprint density at radius 2 is 1.95 bits per heavy atom. The average Bonchev–Trinajstić information content (AvgIpc) is 2.41. The van der Waals surface area contributed by atoms with E-state index in [1.165, 1.54) is 4.90 Å². The number of hydrogen-bond acceptors (Lipinski definition) is 4. The van der Waals surface area contributed by atoms with E-state index >= 15 is 0 Å². The fourth-order valence-corrected chi connectivity index (χ4v) is 2.55. The van der Waals surface area contributed by atoms with Crippen molar-refractivity contribution in [3.63, 3.8) is 0 Å². The van der Waals surface area contributed by atoms with Gasteiger partial charge >= 0.3 is 0 Å². The van der Waals surface area contributed by atoms with Crippen LogP contribution in [0.4, 0.5) is 0 Å². The van der Waals surface area contributed by atoms with Crippen LogP contribution in [-0.2, 0) is 9.53 Å². The quantitative estimate of drug-likeness (QED) is 0.816. The lowest BCUT2D eigenvalue weighted by Crippen LogP contribution is -2.50. The number of likely N-dealkylation sites (N-methyl/N-ethyl adjacent to an activating group) is 1. The lowest BCUT2D eigenvalue weighted by Gasteiger charge is -2.37. The summed E-state index contributed by atoms with van der Waals surface area (Å²) in [5.74, 6) is -0.195. The second-order valence-corrected chi connectivity index (χ2v) is 5.40. The third-order valence-corrected chi connectivity index (χ3v) is 4.13. The topological polar surface area (TPSA) is 73.6 Å². The molecule has 0 aromatic rings. The van der Waals surface area contributed by atoms with Crippen molar-refractivity contribution >= 4 is 5.91 Å². The predicted molar refractivity (Wildman–Crippen MR) is 71.3 cm³/mol. The molecule has 0 unspecified atom stereocenters. The smallest absolute Gasteiger partial charge is 0.242 e. The number of rotatable bonds is 5. The highest BCUT2D eigenvalue weighted by Crippen LogP contribution is 2.29. The Balaban J connectivity index is 2.74. The van der Waals surface area contributed by atoms with Crippen LogP contribution in [0, 0.1) is 16.7 Å². The van der Waals surface area contributed by atoms with Gasteiger partial charge in [0, 0.05) is 39.6 Å². The standard InChI is InChI=1S/C14H24N2O3/c1-4-13(5-2,10-15)12(17)16(3)11-14(18)6-8-19-9-7-14/h18H,4-9,11H2,1-3H3. The maximum absolute atomic E-state index is 12.4. The summed E-state index contributed by atoms with van der Waals surface area (Å²) in [4.78, 5) is 13.9. The van der Waals surface area contributed by atoms with Crippen LogP contribution in [0.1, 0.15) is 39.5 Å². The SMILES string of the molecule is CCC(C#N)(CC)C(=O)N(C)CC1(O)CCOCC1. The molecule has 5 heteroatoms. The van der Waals surface area contributed by atoms with E-state index in [-0.39, 0.29) is 12.5 Å². The molecule has 108 valence electrons. The van der Waals surface area contributed by atoms with Gasteiger partial charge in [-0.1, -0.05) is 13.8 Å². The van der Waals surface area contributed by atoms with Gasteiger partial charge in [-0.2, -0.15) is 5.26 Å². The van der Waals surface area contributed by atoms with E-state index in [0.29, 0.717) is 38.9 Å². The minimum atomic E-state index is -0.962. The summed E-state index contributed by atoms with van der Waals surface area (Å²) in [6.45, 7) is 4.99. The molecule has 0 aliphatic carbocycles. The zero-order valence-corrected chi connectivity index (χ0v) is 12.1. The number of carbonyl (C=O) groups is 1. The summed E-state index contributed by atoms with van der Waals surface area (Å²) in [6, 6.07) is 2.15. The van der Waals surface area contributed by atoms with Crippen LogP contribution in [0.25, 0.3) is 0 Å². The van der Waals surface area contributed by atoms with Crippen molar-refractivity contribution in [2.75, 3.05) is 26.8 Å². The van der Waals surface area contributed by atoms with E-state index in [1.54, 1.807) is 7.05 Å². The predicted octanol–water partition coefficient (Wildman–Crippen LogP) is 1.32. The molecule has 19 heavy (non-hydrogen) atoms. The van der Waals surface area contributed by atoms with Gasteiger partial charge in [0.25, 0.3) is 0 Å². The molecule has 0 radical (unpaired) electrons. The van der Waals surface area contributed by atoms with E-state index < -0.39 is 11.0 Å². The molecule has 1 rings (SSSR count). The number of hydrogen-bond donors (Lipinski definition) is 1. The highest BCUT2D eigenvalue weighted by molar-refractivity contribution is 5.85. The summed E-state index contributed by atoms with van der Waals surface area (Å²) < 4.78 is 5.22. The normalized spacial score (nSPS) is 18.7. The molecular weight excluding hydrogens is 244 g/mol. The summed E-state index contributed by atoms with van der Waals surface area (Å²) in [6.07, 6.45) is 2.04. The summed E-state index contributed by atoms with van der Waals surface area (Å²) in [7, 11) is 1.66. The van der Waals surface area contributed by atoms with E-state index in [2.05, 4.69) is 6.07 Å². The van der Waals surface area contributed by atoms with Crippen molar-refractivity contribution in [1.29, 1.82) is 5.26 Å². The Labute approximate surface area is 115 Å². The number of aliphatic hydroxyl groups is 1. The van der Waals surface area contributed by atoms with Crippen molar-refractivity contribution in [3.05, 3.63) is 0 Å². The largest absolute Gasteiger partial charge is 0.388 e. The van der Waals surface area contributed by atoms with Gasteiger partial charge in [-0.3, -0.25) is 4.79 Å². The van der Waals surface area contributed by atoms with Gasteiger partial charge in [0.1, 0.15) is 5.41 Å². The highest BCUT2D eigenvalue weighted by Gasteiger charge is 2.40. The van der Waals surface area contributed by atoms with Gasteiger partial charge in [-0.15, -0.1) is 0 Å². The fourth-order valence-electron chi connectivity index (χ4n) is 2.55. The van der Waals surface area contributed by atoms with Crippen LogP contribution in [-0.4, -0.2) is 48.3 Å². The Morgan fingerprint density at radius 1 is 1.42 bits per heavy atom. The fraction of sp³-hybridized carbons (Fsp3) is 0.857. The molecule has 1 heterocycles. The zero-order chi connectivity index (χ0) is 14.5. The van der Waals surface area contributed by atoms with Crippen LogP contribution < -0.4 is 0 Å². The molecule has 0 aromatic carbocycles. The van der Waals surface area contributed by atoms with E-state index in [0.717, 1.165) is 0 Å². The summed E-state index contributed by atoms with van der Waals surface area (Å²) in [5, 5.41) is 19.7. The molecular formula is C14H24N2O3. The second-order valence-electron chi connectivity index (χ2n) is 5.40. The second kappa shape index (κ2) is 6.36. The first-order chi connectivity index (χ1) is 8.93. The molecule has 1 aliphatic rings. The molecule has 1 fully saturated rings. The number of amides is 1. The summed E-state index contributed by atoms with van der Waals surface area (Å²) >= 11 is 0. The molecule has 0 aromatic heterocycles. The van der Waals surface area contributed by atoms with Crippen LogP contribution in [0.3, 0.4) is 0 Å². The van der Waals surface area contributed by atoms with Gasteiger partial charge in [-0.25, -0.2) is 0 Å². The molecule has 1 saturated heterocycles. The van der Waals surface area contributed by atoms with Crippen LogP contribution in [0.2, 0.25) is 0 Å². The lowest BCUT2D eigenvalue weighted by molar-refractivity contribution is -0.144. The van der Waals surface area contributed by atoms with Crippen molar-refractivity contribution < 1.29 is 14.6 Å². The Bertz CT molecular complexity index is 352. The Hall–Kier alpha value is -1.12. The van der Waals surface area contributed by atoms with Crippen molar-refractivity contribution in [2.45, 2.75) is 45.1 Å². The van der Waals surface area contributed by atoms with Crippen molar-refractivity contribution in [2.24, 2.45) is 5.41 Å². The molecule has 1 N–H and O–H groups in total. The molecule has 0 atom stereocenters. The number of ether oxygens (including phenoxy) is 1. The molecule has 0 saturated carbocycles. The molecule has 0 spiro atoms. The van der Waals surface area contributed by atoms with E-state index in [4.69, 9.17) is 4.74 Å². The van der Waals surface area contributed by atoms with Crippen LogP contribution in [0.5, 0.6) is 0 Å². The van der Waals surface area contributed by atoms with Gasteiger partial charge < -0.3 is 14.7 Å². The maximum atomic E-state index is 12.4. The zero-order valence-electron chi connectivity index (χ0n) is 12.1. The van der Waals surface area contributed by atoms with E-state index in [9.17, 15) is 15.2 Å². The highest BCUT2D eigenvalue weighted by atomic mass is 16.5. The first-order valence-electron chi connectivity index (χ1n) is 6.90. The van der Waals surface area contributed by atoms with Gasteiger partial charge in [0.2, 0.25) is 5.91 Å². The summed E-state index contributed by atoms with van der Waals surface area (Å²) in [5.41, 5.74) is -1.85. The number of carbonyl (C=O) groups excluding carboxylic acids is 1. The molecule has 0 bridgehead atoms. The monoisotopic (exact) mass is 268 g/mol. The molecule has 1 aliphatic heterocycles. The molecule has 1 amide bonds. The maximum Gasteiger partial charge on any atom is 0.242 e. The number of nitriles is 1. The van der Waals surface area contributed by atoms with Gasteiger partial charge in [-0.05, 0) is 12.8 Å². The third-order valence-electron chi connectivity index (χ3n) is 4.13. The minimum absolute atomic E-state index is 0.195. The van der Waals surface area contributed by atoms with Crippen LogP contribution in [0.15, 0.2) is 0 Å². The van der Waals surface area contributed by atoms with Crippen LogP contribution >= 0.6 is 0 Å². The lowest BCUT2D eigenvalue weighted by atomic mass is 9.82. The minimum Gasteiger partial charge on any atom is -0.388 e. The van der Waals surface area contributed by atoms with Crippen molar-refractivity contribution in [3.8, 4) is 6.07 Å². The Kier molecular flexibility index (Phi) is 5.33. The van der Waals surface area contributed by atoms with E-state index in [1.807, 2.05) is 13.8 Å². The van der Waals surface area contributed by atoms with Gasteiger partial charge in [0.05, 0.1) is 11.7 Å². The molecule has 5 nitrogen and oxygen atoms in total. The Morgan fingerprint density at radius 3 is 2.37 bits per heavy atom. The van der Waals surface area contributed by atoms with Gasteiger partial charge in [0.15, 0.2) is 0 Å². The average molecular weight is 268 g/mol. The first kappa shape index (κ1) is 15.9.